The van der Waals surface area contributed by atoms with E-state index >= 15 is 0 Å². The second-order valence-corrected chi connectivity index (χ2v) is 6.37. The van der Waals surface area contributed by atoms with Crippen molar-refractivity contribution in [2.24, 2.45) is 0 Å². The summed E-state index contributed by atoms with van der Waals surface area (Å²) in [5.41, 5.74) is 3.62. The predicted octanol–water partition coefficient (Wildman–Crippen LogP) is 3.33. The summed E-state index contributed by atoms with van der Waals surface area (Å²) in [6, 6.07) is 4.39. The number of aryl methyl sites for hydroxylation is 1. The number of carbonyl (C=O) groups excluding carboxylic acids is 1. The standard InChI is InChI=1S/C18H24N4O/c1-13-8-9-15(10-19-13)11-20-18(23)17-12-21-22(14(17)2)16-6-4-3-5-7-16/h8-10,12,16H,3-7,11H2,1-2H3,(H,20,23). The van der Waals surface area contributed by atoms with E-state index in [1.54, 1.807) is 12.4 Å². The van der Waals surface area contributed by atoms with Gasteiger partial charge in [0.15, 0.2) is 0 Å². The largest absolute Gasteiger partial charge is 0.348 e. The molecule has 1 N–H and O–H groups in total. The fourth-order valence-corrected chi connectivity index (χ4v) is 3.22. The maximum atomic E-state index is 12.4. The topological polar surface area (TPSA) is 59.8 Å². The molecule has 5 heteroatoms. The summed E-state index contributed by atoms with van der Waals surface area (Å²) in [4.78, 5) is 16.7. The lowest BCUT2D eigenvalue weighted by Gasteiger charge is -2.23. The number of pyridine rings is 1. The van der Waals surface area contributed by atoms with Gasteiger partial charge < -0.3 is 5.32 Å². The van der Waals surface area contributed by atoms with Crippen molar-refractivity contribution >= 4 is 5.91 Å². The minimum absolute atomic E-state index is 0.0647. The first-order chi connectivity index (χ1) is 11.1. The molecule has 0 aromatic carbocycles. The van der Waals surface area contributed by atoms with Gasteiger partial charge in [0.05, 0.1) is 17.8 Å². The van der Waals surface area contributed by atoms with Gasteiger partial charge in [-0.1, -0.05) is 25.3 Å². The average molecular weight is 312 g/mol. The van der Waals surface area contributed by atoms with Crippen LogP contribution in [0.2, 0.25) is 0 Å². The summed E-state index contributed by atoms with van der Waals surface area (Å²) in [7, 11) is 0. The highest BCUT2D eigenvalue weighted by Gasteiger charge is 2.21. The summed E-state index contributed by atoms with van der Waals surface area (Å²) in [5, 5.41) is 7.43. The Morgan fingerprint density at radius 2 is 2.00 bits per heavy atom. The number of amides is 1. The zero-order valence-electron chi connectivity index (χ0n) is 13.9. The van der Waals surface area contributed by atoms with E-state index in [1.165, 1.54) is 32.1 Å². The molecule has 0 radical (unpaired) electrons. The highest BCUT2D eigenvalue weighted by molar-refractivity contribution is 5.95. The van der Waals surface area contributed by atoms with Gasteiger partial charge in [0.25, 0.3) is 5.91 Å². The van der Waals surface area contributed by atoms with Crippen LogP contribution in [0.1, 0.15) is 65.5 Å². The van der Waals surface area contributed by atoms with Gasteiger partial charge >= 0.3 is 0 Å². The molecule has 2 aromatic heterocycles. The van der Waals surface area contributed by atoms with Gasteiger partial charge in [-0.05, 0) is 38.3 Å². The number of nitrogens with one attached hydrogen (secondary N) is 1. The first-order valence-corrected chi connectivity index (χ1v) is 8.39. The lowest BCUT2D eigenvalue weighted by molar-refractivity contribution is 0.0950. The molecule has 1 saturated carbocycles. The molecule has 122 valence electrons. The molecule has 3 rings (SSSR count). The Bertz CT molecular complexity index is 669. The molecule has 0 spiro atoms. The molecule has 2 aromatic rings. The number of hydrogen-bond acceptors (Lipinski definition) is 3. The molecular formula is C18H24N4O. The Kier molecular flexibility index (Phi) is 4.74. The van der Waals surface area contributed by atoms with Gasteiger partial charge in [-0.2, -0.15) is 5.10 Å². The van der Waals surface area contributed by atoms with E-state index in [0.29, 0.717) is 18.2 Å². The van der Waals surface area contributed by atoms with Crippen LogP contribution in [0.15, 0.2) is 24.5 Å². The third-order valence-electron chi connectivity index (χ3n) is 4.64. The van der Waals surface area contributed by atoms with Crippen molar-refractivity contribution < 1.29 is 4.79 Å². The van der Waals surface area contributed by atoms with Crippen LogP contribution in [0.25, 0.3) is 0 Å². The van der Waals surface area contributed by atoms with Crippen molar-refractivity contribution in [3.63, 3.8) is 0 Å². The lowest BCUT2D eigenvalue weighted by Crippen LogP contribution is -2.24. The Balaban J connectivity index is 1.65. The normalized spacial score (nSPS) is 15.6. The summed E-state index contributed by atoms with van der Waals surface area (Å²) in [6.45, 7) is 4.43. The average Bonchev–Trinajstić information content (AvgIpc) is 2.96. The molecule has 2 heterocycles. The molecule has 5 nitrogen and oxygen atoms in total. The van der Waals surface area contributed by atoms with Gasteiger partial charge in [0.2, 0.25) is 0 Å². The number of hydrogen-bond donors (Lipinski definition) is 1. The van der Waals surface area contributed by atoms with E-state index in [1.807, 2.05) is 30.7 Å². The molecule has 0 aliphatic heterocycles. The fraction of sp³-hybridized carbons (Fsp3) is 0.500. The number of rotatable bonds is 4. The lowest BCUT2D eigenvalue weighted by atomic mass is 9.95. The van der Waals surface area contributed by atoms with Crippen molar-refractivity contribution in [1.82, 2.24) is 20.1 Å². The zero-order valence-corrected chi connectivity index (χ0v) is 13.9. The Labute approximate surface area is 137 Å². The van der Waals surface area contributed by atoms with Crippen LogP contribution in [0, 0.1) is 13.8 Å². The number of aromatic nitrogens is 3. The number of carbonyl (C=O) groups is 1. The van der Waals surface area contributed by atoms with E-state index in [0.717, 1.165) is 17.0 Å². The van der Waals surface area contributed by atoms with Gasteiger partial charge in [-0.25, -0.2) is 0 Å². The highest BCUT2D eigenvalue weighted by Crippen LogP contribution is 2.29. The van der Waals surface area contributed by atoms with Gasteiger partial charge in [-0.15, -0.1) is 0 Å². The first kappa shape index (κ1) is 15.7. The van der Waals surface area contributed by atoms with Crippen molar-refractivity contribution in [3.8, 4) is 0 Å². The predicted molar refractivity (Wildman–Crippen MR) is 89.2 cm³/mol. The van der Waals surface area contributed by atoms with E-state index in [4.69, 9.17) is 0 Å². The van der Waals surface area contributed by atoms with Crippen LogP contribution in [-0.2, 0) is 6.54 Å². The van der Waals surface area contributed by atoms with E-state index in [-0.39, 0.29) is 5.91 Å². The molecule has 0 bridgehead atoms. The molecule has 1 amide bonds. The summed E-state index contributed by atoms with van der Waals surface area (Å²) >= 11 is 0. The monoisotopic (exact) mass is 312 g/mol. The molecule has 0 unspecified atom stereocenters. The van der Waals surface area contributed by atoms with E-state index < -0.39 is 0 Å². The Morgan fingerprint density at radius 3 is 2.70 bits per heavy atom. The van der Waals surface area contributed by atoms with Gasteiger partial charge in [0.1, 0.15) is 0 Å². The molecular weight excluding hydrogens is 288 g/mol. The van der Waals surface area contributed by atoms with E-state index in [9.17, 15) is 4.79 Å². The quantitative estimate of drug-likeness (QED) is 0.942. The summed E-state index contributed by atoms with van der Waals surface area (Å²) < 4.78 is 2.04. The van der Waals surface area contributed by atoms with Gasteiger partial charge in [-0.3, -0.25) is 14.5 Å². The maximum Gasteiger partial charge on any atom is 0.255 e. The van der Waals surface area contributed by atoms with Crippen molar-refractivity contribution in [1.29, 1.82) is 0 Å². The van der Waals surface area contributed by atoms with Crippen LogP contribution in [0.5, 0.6) is 0 Å². The second kappa shape index (κ2) is 6.94. The maximum absolute atomic E-state index is 12.4. The minimum Gasteiger partial charge on any atom is -0.348 e. The van der Waals surface area contributed by atoms with Crippen LogP contribution in [0.3, 0.4) is 0 Å². The SMILES string of the molecule is Cc1ccc(CNC(=O)c2cnn(C3CCCCC3)c2C)cn1. The highest BCUT2D eigenvalue weighted by atomic mass is 16.1. The third kappa shape index (κ3) is 3.60. The van der Waals surface area contributed by atoms with Crippen LogP contribution in [-0.4, -0.2) is 20.7 Å². The summed E-state index contributed by atoms with van der Waals surface area (Å²) in [6.07, 6.45) is 9.66. The summed E-state index contributed by atoms with van der Waals surface area (Å²) in [5.74, 6) is -0.0647. The molecule has 1 fully saturated rings. The molecule has 0 saturated heterocycles. The Morgan fingerprint density at radius 1 is 1.22 bits per heavy atom. The minimum atomic E-state index is -0.0647. The molecule has 0 atom stereocenters. The van der Waals surface area contributed by atoms with Crippen LogP contribution in [0.4, 0.5) is 0 Å². The van der Waals surface area contributed by atoms with Crippen LogP contribution >= 0.6 is 0 Å². The van der Waals surface area contributed by atoms with Crippen LogP contribution < -0.4 is 5.32 Å². The van der Waals surface area contributed by atoms with Crippen molar-refractivity contribution in [3.05, 3.63) is 47.0 Å². The fourth-order valence-electron chi connectivity index (χ4n) is 3.22. The molecule has 23 heavy (non-hydrogen) atoms. The Hall–Kier alpha value is -2.17. The van der Waals surface area contributed by atoms with E-state index in [2.05, 4.69) is 15.4 Å². The second-order valence-electron chi connectivity index (χ2n) is 6.37. The number of nitrogens with zero attached hydrogens (tertiary/aromatic N) is 3. The zero-order chi connectivity index (χ0) is 16.2. The van der Waals surface area contributed by atoms with Crippen molar-refractivity contribution in [2.75, 3.05) is 0 Å². The third-order valence-corrected chi connectivity index (χ3v) is 4.64. The first-order valence-electron chi connectivity index (χ1n) is 8.39. The molecule has 1 aliphatic rings. The van der Waals surface area contributed by atoms with Crippen molar-refractivity contribution in [2.45, 2.75) is 58.5 Å². The smallest absolute Gasteiger partial charge is 0.255 e. The molecule has 1 aliphatic carbocycles. The van der Waals surface area contributed by atoms with Gasteiger partial charge in [0, 0.05) is 24.1 Å².